The van der Waals surface area contributed by atoms with Gasteiger partial charge in [-0.2, -0.15) is 13.2 Å². The summed E-state index contributed by atoms with van der Waals surface area (Å²) < 4.78 is 42.9. The number of rotatable bonds is 4. The highest BCUT2D eigenvalue weighted by molar-refractivity contribution is 5.80. The van der Waals surface area contributed by atoms with Crippen LogP contribution < -0.4 is 10.5 Å². The van der Waals surface area contributed by atoms with Crippen LogP contribution in [0.1, 0.15) is 11.1 Å². The van der Waals surface area contributed by atoms with Crippen molar-refractivity contribution in [2.75, 3.05) is 6.61 Å². The van der Waals surface area contributed by atoms with Crippen molar-refractivity contribution in [3.05, 3.63) is 29.3 Å². The molecule has 3 nitrogen and oxygen atoms in total. The summed E-state index contributed by atoms with van der Waals surface area (Å²) in [6.45, 7) is 2.82. The van der Waals surface area contributed by atoms with Crippen LogP contribution in [-0.2, 0) is 0 Å². The minimum Gasteiger partial charge on any atom is -0.492 e. The van der Waals surface area contributed by atoms with Gasteiger partial charge in [-0.05, 0) is 25.0 Å². The molecule has 1 aromatic carbocycles. The lowest BCUT2D eigenvalue weighted by Gasteiger charge is -2.20. The average Bonchev–Trinajstić information content (AvgIpc) is 2.19. The lowest BCUT2D eigenvalue weighted by atomic mass is 10.1. The van der Waals surface area contributed by atoms with Crippen molar-refractivity contribution < 1.29 is 17.9 Å². The van der Waals surface area contributed by atoms with Gasteiger partial charge in [-0.1, -0.05) is 18.2 Å². The maximum Gasteiger partial charge on any atom is 0.401 e. The molecule has 0 saturated carbocycles. The number of alkyl halides is 3. The molecular weight excluding hydrogens is 245 g/mol. The summed E-state index contributed by atoms with van der Waals surface area (Å²) in [5.41, 5.74) is 6.45. The van der Waals surface area contributed by atoms with Gasteiger partial charge in [-0.3, -0.25) is 5.41 Å². The van der Waals surface area contributed by atoms with E-state index in [9.17, 15) is 13.2 Å². The fourth-order valence-corrected chi connectivity index (χ4v) is 1.55. The number of ether oxygens (including phenoxy) is 1. The Hall–Kier alpha value is -1.72. The van der Waals surface area contributed by atoms with E-state index in [1.54, 1.807) is 32.0 Å². The third kappa shape index (κ3) is 3.38. The van der Waals surface area contributed by atoms with Crippen molar-refractivity contribution in [2.45, 2.75) is 20.0 Å². The van der Waals surface area contributed by atoms with Gasteiger partial charge in [0.1, 0.15) is 24.1 Å². The van der Waals surface area contributed by atoms with Crippen molar-refractivity contribution >= 4 is 5.84 Å². The molecule has 0 aliphatic rings. The molecular formula is C12H15F3N2O. The zero-order valence-corrected chi connectivity index (χ0v) is 10.1. The minimum absolute atomic E-state index is 0.410. The van der Waals surface area contributed by atoms with Crippen LogP contribution in [0.15, 0.2) is 18.2 Å². The molecule has 1 rings (SSSR count). The van der Waals surface area contributed by atoms with Gasteiger partial charge in [-0.25, -0.2) is 0 Å². The van der Waals surface area contributed by atoms with Gasteiger partial charge in [-0.15, -0.1) is 0 Å². The molecule has 1 unspecified atom stereocenters. The quantitative estimate of drug-likeness (QED) is 0.646. The fourth-order valence-electron chi connectivity index (χ4n) is 1.55. The second-order valence-electron chi connectivity index (χ2n) is 4.08. The second-order valence-corrected chi connectivity index (χ2v) is 4.08. The van der Waals surface area contributed by atoms with E-state index in [1.165, 1.54) is 0 Å². The number of aryl methyl sites for hydroxylation is 2. The largest absolute Gasteiger partial charge is 0.492 e. The summed E-state index contributed by atoms with van der Waals surface area (Å²) >= 11 is 0. The first-order valence-electron chi connectivity index (χ1n) is 5.33. The Morgan fingerprint density at radius 3 is 2.22 bits per heavy atom. The van der Waals surface area contributed by atoms with Crippen molar-refractivity contribution in [3.8, 4) is 5.75 Å². The number of halogens is 3. The molecule has 100 valence electrons. The second kappa shape index (κ2) is 5.29. The molecule has 0 aliphatic heterocycles. The first-order valence-corrected chi connectivity index (χ1v) is 5.33. The molecule has 0 fully saturated rings. The van der Waals surface area contributed by atoms with Gasteiger partial charge in [0.05, 0.1) is 0 Å². The molecule has 3 N–H and O–H groups in total. The summed E-state index contributed by atoms with van der Waals surface area (Å²) in [6.07, 6.45) is -4.57. The molecule has 0 aliphatic carbocycles. The van der Waals surface area contributed by atoms with Crippen LogP contribution in [0, 0.1) is 25.2 Å². The molecule has 1 atom stereocenters. The molecule has 18 heavy (non-hydrogen) atoms. The molecule has 0 saturated heterocycles. The van der Waals surface area contributed by atoms with E-state index in [1.807, 2.05) is 0 Å². The molecule has 0 heterocycles. The maximum absolute atomic E-state index is 12.6. The third-order valence-electron chi connectivity index (χ3n) is 2.57. The Kier molecular flexibility index (Phi) is 4.21. The normalized spacial score (nSPS) is 13.2. The Labute approximate surface area is 103 Å². The predicted molar refractivity (Wildman–Crippen MR) is 62.9 cm³/mol. The van der Waals surface area contributed by atoms with E-state index in [-0.39, 0.29) is 0 Å². The lowest BCUT2D eigenvalue weighted by Crippen LogP contribution is -2.39. The third-order valence-corrected chi connectivity index (χ3v) is 2.57. The lowest BCUT2D eigenvalue weighted by molar-refractivity contribution is -0.162. The van der Waals surface area contributed by atoms with Crippen LogP contribution in [-0.4, -0.2) is 18.6 Å². The highest BCUT2D eigenvalue weighted by Crippen LogP contribution is 2.29. The molecule has 1 aromatic rings. The Morgan fingerprint density at radius 1 is 1.33 bits per heavy atom. The number of hydrogen-bond acceptors (Lipinski definition) is 2. The summed E-state index contributed by atoms with van der Waals surface area (Å²) in [4.78, 5) is 0. The first kappa shape index (κ1) is 14.3. The van der Waals surface area contributed by atoms with Crippen LogP contribution in [0.25, 0.3) is 0 Å². The van der Waals surface area contributed by atoms with E-state index in [4.69, 9.17) is 15.9 Å². The van der Waals surface area contributed by atoms with Gasteiger partial charge in [0.2, 0.25) is 0 Å². The van der Waals surface area contributed by atoms with Crippen LogP contribution in [0.4, 0.5) is 13.2 Å². The fraction of sp³-hybridized carbons (Fsp3) is 0.417. The molecule has 0 amide bonds. The highest BCUT2D eigenvalue weighted by Gasteiger charge is 2.42. The van der Waals surface area contributed by atoms with Crippen molar-refractivity contribution in [3.63, 3.8) is 0 Å². The summed E-state index contributed by atoms with van der Waals surface area (Å²) in [5, 5.41) is 6.96. The molecule has 0 radical (unpaired) electrons. The SMILES string of the molecule is Cc1cccc(C)c1OCC(C(=N)N)C(F)(F)F. The van der Waals surface area contributed by atoms with Crippen molar-refractivity contribution in [1.82, 2.24) is 0 Å². The monoisotopic (exact) mass is 260 g/mol. The van der Waals surface area contributed by atoms with Crippen LogP contribution >= 0.6 is 0 Å². The van der Waals surface area contributed by atoms with E-state index in [0.29, 0.717) is 5.75 Å². The highest BCUT2D eigenvalue weighted by atomic mass is 19.4. The number of amidine groups is 1. The van der Waals surface area contributed by atoms with E-state index in [0.717, 1.165) is 11.1 Å². The molecule has 0 bridgehead atoms. The van der Waals surface area contributed by atoms with E-state index >= 15 is 0 Å². The van der Waals surface area contributed by atoms with Crippen molar-refractivity contribution in [1.29, 1.82) is 5.41 Å². The standard InChI is InChI=1S/C12H15F3N2O/c1-7-4-3-5-8(2)10(7)18-6-9(11(16)17)12(13,14)15/h3-5,9H,6H2,1-2H3,(H3,16,17). The van der Waals surface area contributed by atoms with E-state index in [2.05, 4.69) is 0 Å². The Morgan fingerprint density at radius 2 is 1.83 bits per heavy atom. The molecule has 0 aromatic heterocycles. The van der Waals surface area contributed by atoms with Crippen molar-refractivity contribution in [2.24, 2.45) is 11.7 Å². The van der Waals surface area contributed by atoms with Crippen LogP contribution in [0.5, 0.6) is 5.75 Å². The summed E-state index contributed by atoms with van der Waals surface area (Å²) in [7, 11) is 0. The summed E-state index contributed by atoms with van der Waals surface area (Å²) in [6, 6.07) is 5.29. The van der Waals surface area contributed by atoms with E-state index < -0.39 is 24.5 Å². The first-order chi connectivity index (χ1) is 8.23. The smallest absolute Gasteiger partial charge is 0.401 e. The Bertz CT molecular complexity index is 423. The number of para-hydroxylation sites is 1. The van der Waals surface area contributed by atoms with Crippen LogP contribution in [0.2, 0.25) is 0 Å². The van der Waals surface area contributed by atoms with Gasteiger partial charge >= 0.3 is 6.18 Å². The van der Waals surface area contributed by atoms with Gasteiger partial charge in [0.15, 0.2) is 0 Å². The number of benzene rings is 1. The molecule has 0 spiro atoms. The number of nitrogens with one attached hydrogen (secondary N) is 1. The maximum atomic E-state index is 12.6. The number of nitrogens with two attached hydrogens (primary N) is 1. The predicted octanol–water partition coefficient (Wildman–Crippen LogP) is 2.80. The van der Waals surface area contributed by atoms with Gasteiger partial charge in [0.25, 0.3) is 0 Å². The average molecular weight is 260 g/mol. The summed E-state index contributed by atoms with van der Waals surface area (Å²) in [5.74, 6) is -2.60. The topological polar surface area (TPSA) is 59.1 Å². The molecule has 6 heteroatoms. The Balaban J connectivity index is 2.83. The number of hydrogen-bond donors (Lipinski definition) is 2. The zero-order chi connectivity index (χ0) is 13.9. The van der Waals surface area contributed by atoms with Crippen LogP contribution in [0.3, 0.4) is 0 Å². The minimum atomic E-state index is -4.57. The zero-order valence-electron chi connectivity index (χ0n) is 10.1. The van der Waals surface area contributed by atoms with Gasteiger partial charge < -0.3 is 10.5 Å². The van der Waals surface area contributed by atoms with Gasteiger partial charge in [0, 0.05) is 0 Å².